The first-order chi connectivity index (χ1) is 7.84. The summed E-state index contributed by atoms with van der Waals surface area (Å²) in [6.07, 6.45) is 0. The van der Waals surface area contributed by atoms with Gasteiger partial charge in [0.25, 0.3) is 0 Å². The van der Waals surface area contributed by atoms with E-state index in [9.17, 15) is 9.59 Å². The molecule has 0 heterocycles. The third-order valence-corrected chi connectivity index (χ3v) is 2.12. The number of hydrazine groups is 2. The fraction of sp³-hybridized carbons (Fsp3) is 0.111. The summed E-state index contributed by atoms with van der Waals surface area (Å²) < 4.78 is 0. The number of nitrogens with two attached hydrogens (primary N) is 4. The van der Waals surface area contributed by atoms with Gasteiger partial charge in [-0.25, -0.2) is 31.3 Å². The fourth-order valence-electron chi connectivity index (χ4n) is 1.27. The van der Waals surface area contributed by atoms with E-state index < -0.39 is 12.1 Å². The number of carbonyl (C=O) groups excluding carboxylic acids is 2. The quantitative estimate of drug-likeness (QED) is 0.313. The highest BCUT2D eigenvalue weighted by Crippen LogP contribution is 2.27. The van der Waals surface area contributed by atoms with Crippen molar-refractivity contribution in [2.45, 2.75) is 6.92 Å². The third kappa shape index (κ3) is 2.62. The zero-order chi connectivity index (χ0) is 13.2. The van der Waals surface area contributed by atoms with Gasteiger partial charge in [0.2, 0.25) is 0 Å². The molecule has 0 radical (unpaired) electrons. The minimum Gasteiger partial charge on any atom is -0.350 e. The SMILES string of the molecule is Cc1ccc(N(N)C(N)=O)c(N(N)C(N)=O)c1. The maximum absolute atomic E-state index is 11.0. The van der Waals surface area contributed by atoms with E-state index in [1.807, 2.05) is 0 Å². The first-order valence-corrected chi connectivity index (χ1v) is 4.63. The molecule has 1 rings (SSSR count). The summed E-state index contributed by atoms with van der Waals surface area (Å²) in [6.45, 7) is 1.78. The molecule has 92 valence electrons. The van der Waals surface area contributed by atoms with Crippen LogP contribution in [0.4, 0.5) is 21.0 Å². The Hall–Kier alpha value is -2.32. The Morgan fingerprint density at radius 1 is 1.00 bits per heavy atom. The van der Waals surface area contributed by atoms with Gasteiger partial charge in [-0.3, -0.25) is 0 Å². The van der Waals surface area contributed by atoms with Gasteiger partial charge in [-0.2, -0.15) is 0 Å². The maximum Gasteiger partial charge on any atom is 0.333 e. The predicted octanol–water partition coefficient (Wildman–Crippen LogP) is -0.487. The van der Waals surface area contributed by atoms with Gasteiger partial charge in [0, 0.05) is 0 Å². The Kier molecular flexibility index (Phi) is 3.51. The molecular formula is C9H14N6O2. The van der Waals surface area contributed by atoms with Crippen LogP contribution in [0.1, 0.15) is 5.56 Å². The van der Waals surface area contributed by atoms with Gasteiger partial charge in [0.15, 0.2) is 0 Å². The van der Waals surface area contributed by atoms with E-state index >= 15 is 0 Å². The number of benzene rings is 1. The summed E-state index contributed by atoms with van der Waals surface area (Å²) >= 11 is 0. The average molecular weight is 238 g/mol. The Morgan fingerprint density at radius 2 is 1.47 bits per heavy atom. The fourth-order valence-corrected chi connectivity index (χ4v) is 1.27. The van der Waals surface area contributed by atoms with E-state index in [1.165, 1.54) is 6.07 Å². The molecule has 0 aliphatic carbocycles. The van der Waals surface area contributed by atoms with Crippen LogP contribution in [0.5, 0.6) is 0 Å². The molecule has 0 saturated carbocycles. The van der Waals surface area contributed by atoms with Crippen molar-refractivity contribution in [2.24, 2.45) is 23.2 Å². The van der Waals surface area contributed by atoms with Crippen molar-refractivity contribution in [3.8, 4) is 0 Å². The van der Waals surface area contributed by atoms with Crippen molar-refractivity contribution >= 4 is 23.4 Å². The highest BCUT2D eigenvalue weighted by molar-refractivity contribution is 5.99. The average Bonchev–Trinajstić information content (AvgIpc) is 2.26. The van der Waals surface area contributed by atoms with Crippen molar-refractivity contribution in [1.29, 1.82) is 0 Å². The molecule has 0 unspecified atom stereocenters. The smallest absolute Gasteiger partial charge is 0.333 e. The molecule has 0 aliphatic heterocycles. The molecule has 8 heteroatoms. The van der Waals surface area contributed by atoms with Crippen LogP contribution in [0.2, 0.25) is 0 Å². The Labute approximate surface area is 97.7 Å². The molecule has 1 aromatic carbocycles. The molecule has 17 heavy (non-hydrogen) atoms. The van der Waals surface area contributed by atoms with Crippen molar-refractivity contribution < 1.29 is 9.59 Å². The van der Waals surface area contributed by atoms with Crippen LogP contribution < -0.4 is 33.2 Å². The Balaban J connectivity index is 3.30. The van der Waals surface area contributed by atoms with Gasteiger partial charge in [-0.1, -0.05) is 6.07 Å². The van der Waals surface area contributed by atoms with Gasteiger partial charge >= 0.3 is 12.1 Å². The number of carbonyl (C=O) groups is 2. The van der Waals surface area contributed by atoms with Crippen LogP contribution in [0, 0.1) is 6.92 Å². The number of anilines is 2. The second-order valence-electron chi connectivity index (χ2n) is 3.41. The molecule has 0 aliphatic rings. The second kappa shape index (κ2) is 4.68. The summed E-state index contributed by atoms with van der Waals surface area (Å²) in [5.74, 6) is 10.9. The number of rotatable bonds is 2. The topological polar surface area (TPSA) is 145 Å². The first-order valence-electron chi connectivity index (χ1n) is 4.63. The van der Waals surface area contributed by atoms with Crippen molar-refractivity contribution in [2.75, 3.05) is 10.0 Å². The lowest BCUT2D eigenvalue weighted by molar-refractivity contribution is 0.252. The lowest BCUT2D eigenvalue weighted by Crippen LogP contribution is -2.46. The van der Waals surface area contributed by atoms with Crippen LogP contribution in [0.15, 0.2) is 18.2 Å². The van der Waals surface area contributed by atoms with Gasteiger partial charge in [-0.05, 0) is 24.6 Å². The molecule has 8 N–H and O–H groups in total. The van der Waals surface area contributed by atoms with Gasteiger partial charge in [-0.15, -0.1) is 0 Å². The van der Waals surface area contributed by atoms with E-state index in [1.54, 1.807) is 19.1 Å². The largest absolute Gasteiger partial charge is 0.350 e. The number of hydrogen-bond donors (Lipinski definition) is 4. The minimum atomic E-state index is -0.882. The van der Waals surface area contributed by atoms with Crippen molar-refractivity contribution in [1.82, 2.24) is 0 Å². The van der Waals surface area contributed by atoms with Crippen LogP contribution in [0.3, 0.4) is 0 Å². The number of hydrogen-bond acceptors (Lipinski definition) is 4. The van der Waals surface area contributed by atoms with Crippen LogP contribution in [-0.4, -0.2) is 12.1 Å². The Bertz CT molecular complexity index is 461. The zero-order valence-electron chi connectivity index (χ0n) is 9.25. The predicted molar refractivity (Wildman–Crippen MR) is 63.7 cm³/mol. The molecule has 0 atom stereocenters. The molecule has 0 saturated heterocycles. The molecule has 8 nitrogen and oxygen atoms in total. The van der Waals surface area contributed by atoms with E-state index in [2.05, 4.69) is 0 Å². The van der Waals surface area contributed by atoms with Crippen LogP contribution in [0.25, 0.3) is 0 Å². The first kappa shape index (κ1) is 12.7. The minimum absolute atomic E-state index is 0.185. The molecule has 0 fully saturated rings. The number of amides is 4. The van der Waals surface area contributed by atoms with Crippen molar-refractivity contribution in [3.63, 3.8) is 0 Å². The standard InChI is InChI=1S/C9H14N6O2/c1-5-2-3-6(14(12)8(10)16)7(4-5)15(13)9(11)17/h2-4H,12-13H2,1H3,(H2,10,16)(H2,11,17). The lowest BCUT2D eigenvalue weighted by atomic mass is 10.2. The highest BCUT2D eigenvalue weighted by atomic mass is 16.2. The Morgan fingerprint density at radius 3 is 1.94 bits per heavy atom. The second-order valence-corrected chi connectivity index (χ2v) is 3.41. The lowest BCUT2D eigenvalue weighted by Gasteiger charge is -2.22. The van der Waals surface area contributed by atoms with E-state index in [4.69, 9.17) is 23.2 Å². The summed E-state index contributed by atoms with van der Waals surface area (Å²) in [7, 11) is 0. The number of nitrogens with zero attached hydrogens (tertiary/aromatic N) is 2. The van der Waals surface area contributed by atoms with Crippen molar-refractivity contribution in [3.05, 3.63) is 23.8 Å². The summed E-state index contributed by atoms with van der Waals surface area (Å²) in [5.41, 5.74) is 11.3. The summed E-state index contributed by atoms with van der Waals surface area (Å²) in [6, 6.07) is 3.00. The highest BCUT2D eigenvalue weighted by Gasteiger charge is 2.18. The summed E-state index contributed by atoms with van der Waals surface area (Å²) in [5, 5.41) is 1.36. The summed E-state index contributed by atoms with van der Waals surface area (Å²) in [4.78, 5) is 22.0. The maximum atomic E-state index is 11.0. The van der Waals surface area contributed by atoms with Gasteiger partial charge < -0.3 is 11.5 Å². The third-order valence-electron chi connectivity index (χ3n) is 2.12. The zero-order valence-corrected chi connectivity index (χ0v) is 9.25. The molecule has 1 aromatic rings. The van der Waals surface area contributed by atoms with Gasteiger partial charge in [0.05, 0.1) is 11.4 Å². The van der Waals surface area contributed by atoms with Gasteiger partial charge in [0.1, 0.15) is 0 Å². The molecule has 0 bridgehead atoms. The molecule has 0 aromatic heterocycles. The van der Waals surface area contributed by atoms with Crippen LogP contribution >= 0.6 is 0 Å². The number of urea groups is 2. The van der Waals surface area contributed by atoms with E-state index in [-0.39, 0.29) is 11.4 Å². The molecular weight excluding hydrogens is 224 g/mol. The number of aryl methyl sites for hydroxylation is 1. The van der Waals surface area contributed by atoms with Crippen LogP contribution in [-0.2, 0) is 0 Å². The normalized spacial score (nSPS) is 9.82. The molecule has 0 spiro atoms. The van der Waals surface area contributed by atoms with E-state index in [0.717, 1.165) is 5.56 Å². The number of primary amides is 2. The monoisotopic (exact) mass is 238 g/mol. The molecule has 4 amide bonds. The van der Waals surface area contributed by atoms with E-state index in [0.29, 0.717) is 10.0 Å².